The van der Waals surface area contributed by atoms with Gasteiger partial charge in [-0.15, -0.1) is 0 Å². The van der Waals surface area contributed by atoms with Crippen LogP contribution >= 0.6 is 15.9 Å². The van der Waals surface area contributed by atoms with Gasteiger partial charge in [0.2, 0.25) is 0 Å². The number of halogens is 2. The van der Waals surface area contributed by atoms with Crippen molar-refractivity contribution in [2.45, 2.75) is 19.4 Å². The Hall–Kier alpha value is -1.19. The Bertz CT molecular complexity index is 537. The summed E-state index contributed by atoms with van der Waals surface area (Å²) in [4.78, 5) is 0. The summed E-state index contributed by atoms with van der Waals surface area (Å²) in [6.45, 7) is 1.70. The molecule has 0 heterocycles. The molecule has 94 valence electrons. The van der Waals surface area contributed by atoms with E-state index in [4.69, 9.17) is 0 Å². The lowest BCUT2D eigenvalue weighted by atomic mass is 9.99. The molecule has 0 saturated carbocycles. The van der Waals surface area contributed by atoms with E-state index in [1.54, 1.807) is 25.1 Å². The second-order valence-corrected chi connectivity index (χ2v) is 5.24. The highest BCUT2D eigenvalue weighted by molar-refractivity contribution is 9.10. The van der Waals surface area contributed by atoms with Crippen molar-refractivity contribution in [3.8, 4) is 0 Å². The summed E-state index contributed by atoms with van der Waals surface area (Å²) in [6, 6.07) is 12.8. The third kappa shape index (κ3) is 2.98. The van der Waals surface area contributed by atoms with Crippen molar-refractivity contribution in [1.29, 1.82) is 0 Å². The van der Waals surface area contributed by atoms with Crippen LogP contribution in [0.3, 0.4) is 0 Å². The predicted octanol–water partition coefficient (Wildman–Crippen LogP) is 4.17. The molecule has 0 amide bonds. The molecule has 0 spiro atoms. The molecule has 2 aromatic carbocycles. The van der Waals surface area contributed by atoms with Crippen LogP contribution in [0.1, 0.15) is 22.8 Å². The molecule has 0 aromatic heterocycles. The van der Waals surface area contributed by atoms with Gasteiger partial charge in [-0.25, -0.2) is 4.39 Å². The number of rotatable bonds is 3. The van der Waals surface area contributed by atoms with Gasteiger partial charge < -0.3 is 5.11 Å². The molecule has 1 unspecified atom stereocenters. The number of aryl methyl sites for hydroxylation is 1. The smallest absolute Gasteiger partial charge is 0.131 e. The summed E-state index contributed by atoms with van der Waals surface area (Å²) in [7, 11) is 0. The second-order valence-electron chi connectivity index (χ2n) is 4.32. The molecular formula is C15H14BrFO. The monoisotopic (exact) mass is 308 g/mol. The number of hydrogen-bond donors (Lipinski definition) is 1. The summed E-state index contributed by atoms with van der Waals surface area (Å²) in [5.41, 5.74) is 1.90. The average molecular weight is 309 g/mol. The highest BCUT2D eigenvalue weighted by Gasteiger charge is 2.14. The summed E-state index contributed by atoms with van der Waals surface area (Å²) in [5, 5.41) is 10.1. The summed E-state index contributed by atoms with van der Waals surface area (Å²) < 4.78 is 14.8. The van der Waals surface area contributed by atoms with E-state index in [0.717, 1.165) is 10.0 Å². The van der Waals surface area contributed by atoms with Crippen molar-refractivity contribution >= 4 is 15.9 Å². The normalized spacial score (nSPS) is 12.4. The van der Waals surface area contributed by atoms with E-state index in [9.17, 15) is 9.50 Å². The molecule has 0 bridgehead atoms. The molecule has 2 aromatic rings. The van der Waals surface area contributed by atoms with Gasteiger partial charge >= 0.3 is 0 Å². The standard InChI is InChI=1S/C15H14BrFO/c1-10-3-2-4-13(15(10)17)14(18)9-11-5-7-12(16)8-6-11/h2-8,14,18H,9H2,1H3. The van der Waals surface area contributed by atoms with Gasteiger partial charge in [0.05, 0.1) is 6.10 Å². The fraction of sp³-hybridized carbons (Fsp3) is 0.200. The first-order chi connectivity index (χ1) is 8.58. The Morgan fingerprint density at radius 1 is 1.17 bits per heavy atom. The zero-order valence-electron chi connectivity index (χ0n) is 10.0. The van der Waals surface area contributed by atoms with E-state index < -0.39 is 6.10 Å². The van der Waals surface area contributed by atoms with Crippen LogP contribution in [-0.2, 0) is 6.42 Å². The van der Waals surface area contributed by atoms with E-state index in [1.807, 2.05) is 24.3 Å². The molecule has 0 aliphatic rings. The lowest BCUT2D eigenvalue weighted by molar-refractivity contribution is 0.173. The molecule has 18 heavy (non-hydrogen) atoms. The molecule has 1 N–H and O–H groups in total. The van der Waals surface area contributed by atoms with Crippen molar-refractivity contribution in [1.82, 2.24) is 0 Å². The maximum absolute atomic E-state index is 13.9. The molecular weight excluding hydrogens is 295 g/mol. The molecule has 0 aliphatic carbocycles. The van der Waals surface area contributed by atoms with Crippen LogP contribution in [0.5, 0.6) is 0 Å². The zero-order valence-corrected chi connectivity index (χ0v) is 11.6. The lowest BCUT2D eigenvalue weighted by Gasteiger charge is -2.13. The van der Waals surface area contributed by atoms with Gasteiger partial charge in [-0.2, -0.15) is 0 Å². The van der Waals surface area contributed by atoms with Crippen molar-refractivity contribution in [2.75, 3.05) is 0 Å². The maximum Gasteiger partial charge on any atom is 0.131 e. The fourth-order valence-electron chi connectivity index (χ4n) is 1.88. The Balaban J connectivity index is 2.19. The third-order valence-corrected chi connectivity index (χ3v) is 3.45. The fourth-order valence-corrected chi connectivity index (χ4v) is 2.15. The Kier molecular flexibility index (Phi) is 4.15. The number of aliphatic hydroxyl groups is 1. The third-order valence-electron chi connectivity index (χ3n) is 2.92. The first-order valence-corrected chi connectivity index (χ1v) is 6.55. The molecule has 3 heteroatoms. The van der Waals surface area contributed by atoms with Crippen molar-refractivity contribution in [3.05, 3.63) is 69.4 Å². The minimum absolute atomic E-state index is 0.317. The van der Waals surface area contributed by atoms with E-state index in [2.05, 4.69) is 15.9 Å². The average Bonchev–Trinajstić information content (AvgIpc) is 2.35. The number of aliphatic hydroxyl groups excluding tert-OH is 1. The second kappa shape index (κ2) is 5.63. The highest BCUT2D eigenvalue weighted by atomic mass is 79.9. The minimum Gasteiger partial charge on any atom is -0.388 e. The van der Waals surface area contributed by atoms with Gasteiger partial charge in [-0.1, -0.05) is 46.3 Å². The van der Waals surface area contributed by atoms with Crippen LogP contribution in [0.15, 0.2) is 46.9 Å². The number of benzene rings is 2. The Morgan fingerprint density at radius 3 is 2.50 bits per heavy atom. The SMILES string of the molecule is Cc1cccc(C(O)Cc2ccc(Br)cc2)c1F. The van der Waals surface area contributed by atoms with Crippen LogP contribution in [-0.4, -0.2) is 5.11 Å². The highest BCUT2D eigenvalue weighted by Crippen LogP contribution is 2.23. The van der Waals surface area contributed by atoms with Gasteiger partial charge in [0.15, 0.2) is 0 Å². The van der Waals surface area contributed by atoms with Crippen LogP contribution in [0.25, 0.3) is 0 Å². The van der Waals surface area contributed by atoms with Gasteiger partial charge in [-0.3, -0.25) is 0 Å². The quantitative estimate of drug-likeness (QED) is 0.902. The van der Waals surface area contributed by atoms with Crippen molar-refractivity contribution < 1.29 is 9.50 Å². The molecule has 1 nitrogen and oxygen atoms in total. The molecule has 0 fully saturated rings. The zero-order chi connectivity index (χ0) is 13.1. The number of hydrogen-bond acceptors (Lipinski definition) is 1. The Morgan fingerprint density at radius 2 is 1.83 bits per heavy atom. The summed E-state index contributed by atoms with van der Waals surface area (Å²) in [5.74, 6) is -0.317. The lowest BCUT2D eigenvalue weighted by Crippen LogP contribution is -2.05. The first-order valence-electron chi connectivity index (χ1n) is 5.75. The van der Waals surface area contributed by atoms with E-state index in [0.29, 0.717) is 17.5 Å². The topological polar surface area (TPSA) is 20.2 Å². The van der Waals surface area contributed by atoms with Gasteiger partial charge in [-0.05, 0) is 30.2 Å². The van der Waals surface area contributed by atoms with Gasteiger partial charge in [0, 0.05) is 16.5 Å². The minimum atomic E-state index is -0.814. The van der Waals surface area contributed by atoms with Crippen molar-refractivity contribution in [2.24, 2.45) is 0 Å². The predicted molar refractivity (Wildman–Crippen MR) is 73.9 cm³/mol. The largest absolute Gasteiger partial charge is 0.388 e. The first kappa shape index (κ1) is 13.2. The van der Waals surface area contributed by atoms with E-state index in [-0.39, 0.29) is 5.82 Å². The molecule has 0 radical (unpaired) electrons. The van der Waals surface area contributed by atoms with Gasteiger partial charge in [0.25, 0.3) is 0 Å². The van der Waals surface area contributed by atoms with Crippen LogP contribution in [0.2, 0.25) is 0 Å². The Labute approximate surface area is 114 Å². The molecule has 2 rings (SSSR count). The molecule has 0 saturated heterocycles. The van der Waals surface area contributed by atoms with Gasteiger partial charge in [0.1, 0.15) is 5.82 Å². The molecule has 0 aliphatic heterocycles. The van der Waals surface area contributed by atoms with Crippen LogP contribution in [0.4, 0.5) is 4.39 Å². The maximum atomic E-state index is 13.9. The van der Waals surface area contributed by atoms with Crippen LogP contribution < -0.4 is 0 Å². The van der Waals surface area contributed by atoms with Crippen LogP contribution in [0, 0.1) is 12.7 Å². The van der Waals surface area contributed by atoms with E-state index >= 15 is 0 Å². The van der Waals surface area contributed by atoms with Crippen molar-refractivity contribution in [3.63, 3.8) is 0 Å². The van der Waals surface area contributed by atoms with E-state index in [1.165, 1.54) is 0 Å². The molecule has 1 atom stereocenters. The summed E-state index contributed by atoms with van der Waals surface area (Å²) in [6.07, 6.45) is -0.403. The summed E-state index contributed by atoms with van der Waals surface area (Å²) >= 11 is 3.36.